The molecule has 114 valence electrons. The molecule has 0 saturated carbocycles. The molecule has 5 heteroatoms. The molecule has 23 heavy (non-hydrogen) atoms. The number of aromatic nitrogens is 4. The van der Waals surface area contributed by atoms with Gasteiger partial charge in [0.05, 0.1) is 0 Å². The highest BCUT2D eigenvalue weighted by molar-refractivity contribution is 5.67. The molecule has 3 aromatic rings. The first-order valence-corrected chi connectivity index (χ1v) is 7.25. The average molecular weight is 303 g/mol. The molecule has 1 aromatic carbocycles. The van der Waals surface area contributed by atoms with Crippen LogP contribution in [0.4, 0.5) is 5.82 Å². The molecule has 0 atom stereocenters. The van der Waals surface area contributed by atoms with Crippen molar-refractivity contribution in [2.45, 2.75) is 6.92 Å². The third-order valence-electron chi connectivity index (χ3n) is 3.03. The van der Waals surface area contributed by atoms with Gasteiger partial charge >= 0.3 is 0 Å². The normalized spacial score (nSPS) is 10.8. The fraction of sp³-hybridized carbons (Fsp3) is 0.0556. The van der Waals surface area contributed by atoms with E-state index in [0.29, 0.717) is 17.5 Å². The van der Waals surface area contributed by atoms with Gasteiger partial charge in [0.15, 0.2) is 11.6 Å². The van der Waals surface area contributed by atoms with E-state index in [2.05, 4.69) is 27.0 Å². The van der Waals surface area contributed by atoms with Crippen molar-refractivity contribution >= 4 is 18.0 Å². The summed E-state index contributed by atoms with van der Waals surface area (Å²) < 4.78 is 1.70. The number of benzene rings is 1. The molecule has 0 spiro atoms. The van der Waals surface area contributed by atoms with Crippen LogP contribution in [0.5, 0.6) is 0 Å². The Hall–Kier alpha value is -3.21. The Kier molecular flexibility index (Phi) is 4.29. The van der Waals surface area contributed by atoms with Crippen molar-refractivity contribution in [2.75, 3.05) is 5.32 Å². The quantitative estimate of drug-likeness (QED) is 0.779. The third-order valence-corrected chi connectivity index (χ3v) is 3.03. The zero-order valence-corrected chi connectivity index (χ0v) is 12.8. The van der Waals surface area contributed by atoms with Crippen molar-refractivity contribution in [3.63, 3.8) is 0 Å². The second-order valence-corrected chi connectivity index (χ2v) is 5.07. The van der Waals surface area contributed by atoms with Gasteiger partial charge < -0.3 is 5.32 Å². The molecule has 0 aliphatic rings. The molecule has 0 amide bonds. The van der Waals surface area contributed by atoms with E-state index in [0.717, 1.165) is 11.3 Å². The van der Waals surface area contributed by atoms with Crippen LogP contribution in [-0.4, -0.2) is 19.7 Å². The minimum absolute atomic E-state index is 0.602. The van der Waals surface area contributed by atoms with Crippen molar-refractivity contribution in [3.8, 4) is 5.82 Å². The van der Waals surface area contributed by atoms with Crippen LogP contribution in [0.15, 0.2) is 67.1 Å². The first-order valence-electron chi connectivity index (χ1n) is 7.25. The van der Waals surface area contributed by atoms with Crippen LogP contribution in [0, 0.1) is 0 Å². The summed E-state index contributed by atoms with van der Waals surface area (Å²) in [5.74, 6) is 1.98. The minimum atomic E-state index is 0.602. The van der Waals surface area contributed by atoms with Gasteiger partial charge in [-0.15, -0.1) is 0 Å². The van der Waals surface area contributed by atoms with Gasteiger partial charge in [-0.05, 0) is 24.6 Å². The highest BCUT2D eigenvalue weighted by Gasteiger charge is 2.05. The van der Waals surface area contributed by atoms with Crippen LogP contribution in [0.3, 0.4) is 0 Å². The van der Waals surface area contributed by atoms with E-state index in [4.69, 9.17) is 0 Å². The van der Waals surface area contributed by atoms with Gasteiger partial charge in [-0.1, -0.05) is 43.0 Å². The van der Waals surface area contributed by atoms with E-state index in [9.17, 15) is 0 Å². The van der Waals surface area contributed by atoms with Gasteiger partial charge in [0, 0.05) is 24.2 Å². The lowest BCUT2D eigenvalue weighted by Gasteiger charge is -2.08. The van der Waals surface area contributed by atoms with Crippen LogP contribution in [0.1, 0.15) is 18.3 Å². The maximum Gasteiger partial charge on any atom is 0.159 e. The van der Waals surface area contributed by atoms with Gasteiger partial charge in [0.25, 0.3) is 0 Å². The van der Waals surface area contributed by atoms with Crippen LogP contribution in [-0.2, 0) is 0 Å². The summed E-state index contributed by atoms with van der Waals surface area (Å²) in [6.07, 6.45) is 7.42. The summed E-state index contributed by atoms with van der Waals surface area (Å²) >= 11 is 0. The second kappa shape index (κ2) is 6.70. The van der Waals surface area contributed by atoms with Crippen molar-refractivity contribution in [1.29, 1.82) is 0 Å². The summed E-state index contributed by atoms with van der Waals surface area (Å²) in [6, 6.07) is 13.7. The van der Waals surface area contributed by atoms with Crippen LogP contribution < -0.4 is 5.32 Å². The number of hydrogen-bond donors (Lipinski definition) is 1. The molecule has 1 N–H and O–H groups in total. The summed E-state index contributed by atoms with van der Waals surface area (Å²) in [5.41, 5.74) is 1.91. The topological polar surface area (TPSA) is 55.6 Å². The molecule has 0 saturated heterocycles. The largest absolute Gasteiger partial charge is 0.344 e. The fourth-order valence-electron chi connectivity index (χ4n) is 2.07. The summed E-state index contributed by atoms with van der Waals surface area (Å²) in [6.45, 7) is 5.74. The summed E-state index contributed by atoms with van der Waals surface area (Å²) in [5, 5.41) is 7.34. The van der Waals surface area contributed by atoms with E-state index in [-0.39, 0.29) is 0 Å². The molecule has 0 aliphatic heterocycles. The second-order valence-electron chi connectivity index (χ2n) is 5.07. The lowest BCUT2D eigenvalue weighted by Crippen LogP contribution is -2.05. The van der Waals surface area contributed by atoms with Crippen molar-refractivity contribution in [1.82, 2.24) is 19.7 Å². The predicted octanol–water partition coefficient (Wildman–Crippen LogP) is 3.78. The average Bonchev–Trinajstić information content (AvgIpc) is 3.08. The molecule has 0 unspecified atom stereocenters. The van der Waals surface area contributed by atoms with E-state index < -0.39 is 0 Å². The molecular formula is C18H17N5. The first kappa shape index (κ1) is 14.7. The Balaban J connectivity index is 1.96. The lowest BCUT2D eigenvalue weighted by atomic mass is 10.2. The van der Waals surface area contributed by atoms with Gasteiger partial charge in [0.1, 0.15) is 5.82 Å². The molecule has 2 aromatic heterocycles. The van der Waals surface area contributed by atoms with Crippen LogP contribution >= 0.6 is 0 Å². The zero-order valence-electron chi connectivity index (χ0n) is 12.8. The monoisotopic (exact) mass is 303 g/mol. The summed E-state index contributed by atoms with van der Waals surface area (Å²) in [7, 11) is 0. The smallest absolute Gasteiger partial charge is 0.159 e. The third kappa shape index (κ3) is 3.91. The fourth-order valence-corrected chi connectivity index (χ4v) is 2.07. The Bertz CT molecular complexity index is 820. The van der Waals surface area contributed by atoms with Crippen LogP contribution in [0.2, 0.25) is 0 Å². The Morgan fingerprint density at radius 2 is 1.96 bits per heavy atom. The van der Waals surface area contributed by atoms with E-state index in [1.54, 1.807) is 10.9 Å². The Morgan fingerprint density at radius 3 is 2.65 bits per heavy atom. The predicted molar refractivity (Wildman–Crippen MR) is 93.0 cm³/mol. The standard InChI is InChI=1S/C18H17N5/c1-14(2)20-17-13-18(23-12-6-11-19-23)22-16(21-17)10-9-15-7-4-3-5-8-15/h3-13H,1H2,2H3,(H,20,21,22)/b10-9+. The molecule has 2 heterocycles. The van der Waals surface area contributed by atoms with E-state index >= 15 is 0 Å². The maximum absolute atomic E-state index is 4.53. The lowest BCUT2D eigenvalue weighted by molar-refractivity contribution is 0.837. The van der Waals surface area contributed by atoms with Gasteiger partial charge in [-0.2, -0.15) is 5.10 Å². The molecule has 0 radical (unpaired) electrons. The number of nitrogens with zero attached hydrogens (tertiary/aromatic N) is 4. The molecule has 3 rings (SSSR count). The molecule has 0 aliphatic carbocycles. The van der Waals surface area contributed by atoms with Gasteiger partial charge in [-0.3, -0.25) is 0 Å². The SMILES string of the molecule is C=C(C)Nc1cc(-n2cccn2)nc(/C=C/c2ccccc2)n1. The molecule has 0 fully saturated rings. The van der Waals surface area contributed by atoms with Crippen molar-refractivity contribution in [2.24, 2.45) is 0 Å². The molecule has 5 nitrogen and oxygen atoms in total. The van der Waals surface area contributed by atoms with Gasteiger partial charge in [0.2, 0.25) is 0 Å². The van der Waals surface area contributed by atoms with E-state index in [1.165, 1.54) is 0 Å². The van der Waals surface area contributed by atoms with Crippen molar-refractivity contribution in [3.05, 3.63) is 78.5 Å². The number of hydrogen-bond acceptors (Lipinski definition) is 4. The van der Waals surface area contributed by atoms with Crippen molar-refractivity contribution < 1.29 is 0 Å². The Labute approximate surface area is 135 Å². The first-order chi connectivity index (χ1) is 11.2. The highest BCUT2D eigenvalue weighted by Crippen LogP contribution is 2.14. The summed E-state index contributed by atoms with van der Waals surface area (Å²) in [4.78, 5) is 9.02. The number of nitrogens with one attached hydrogen (secondary N) is 1. The van der Waals surface area contributed by atoms with Gasteiger partial charge in [-0.25, -0.2) is 14.6 Å². The highest BCUT2D eigenvalue weighted by atomic mass is 15.3. The Morgan fingerprint density at radius 1 is 1.13 bits per heavy atom. The zero-order chi connectivity index (χ0) is 16.1. The number of allylic oxidation sites excluding steroid dienone is 1. The maximum atomic E-state index is 4.53. The number of anilines is 1. The molecular weight excluding hydrogens is 286 g/mol. The van der Waals surface area contributed by atoms with Crippen LogP contribution in [0.25, 0.3) is 18.0 Å². The van der Waals surface area contributed by atoms with E-state index in [1.807, 2.05) is 67.7 Å². The number of rotatable bonds is 5. The minimum Gasteiger partial charge on any atom is -0.344 e. The molecule has 0 bridgehead atoms.